The number of hydrogen-bond donors (Lipinski definition) is 1. The molecule has 28 heavy (non-hydrogen) atoms. The van der Waals surface area contributed by atoms with E-state index in [9.17, 15) is 9.59 Å². The predicted molar refractivity (Wildman–Crippen MR) is 105 cm³/mol. The van der Waals surface area contributed by atoms with Crippen LogP contribution in [0.15, 0.2) is 53.1 Å². The Kier molecular flexibility index (Phi) is 5.19. The molecule has 2 aromatic heterocycles. The number of amides is 1. The van der Waals surface area contributed by atoms with Gasteiger partial charge in [-0.1, -0.05) is 49.6 Å². The third-order valence-corrected chi connectivity index (χ3v) is 5.39. The topological polar surface area (TPSA) is 73.5 Å². The Hall–Kier alpha value is -3.02. The zero-order valence-electron chi connectivity index (χ0n) is 15.9. The van der Waals surface area contributed by atoms with Gasteiger partial charge in [0.15, 0.2) is 5.58 Å². The number of carbonyl (C=O) groups is 2. The molecule has 4 rings (SSSR count). The van der Waals surface area contributed by atoms with Crippen LogP contribution >= 0.6 is 0 Å². The minimum atomic E-state index is -0.989. The molecule has 0 aliphatic heterocycles. The summed E-state index contributed by atoms with van der Waals surface area (Å²) in [4.78, 5) is 25.8. The van der Waals surface area contributed by atoms with Crippen LogP contribution in [0.3, 0.4) is 0 Å². The van der Waals surface area contributed by atoms with Crippen LogP contribution in [0.5, 0.6) is 0 Å². The smallest absolute Gasteiger partial charge is 0.356 e. The Labute approximate surface area is 163 Å². The first kappa shape index (κ1) is 18.3. The van der Waals surface area contributed by atoms with Crippen LogP contribution in [0.25, 0.3) is 11.1 Å². The molecule has 0 radical (unpaired) electrons. The third-order valence-electron chi connectivity index (χ3n) is 5.39. The first-order valence-electron chi connectivity index (χ1n) is 9.72. The zero-order chi connectivity index (χ0) is 19.5. The molecule has 1 unspecified atom stereocenters. The second-order valence-electron chi connectivity index (χ2n) is 7.30. The van der Waals surface area contributed by atoms with E-state index in [2.05, 4.69) is 5.32 Å². The van der Waals surface area contributed by atoms with Gasteiger partial charge in [-0.15, -0.1) is 0 Å². The number of rotatable bonds is 5. The van der Waals surface area contributed by atoms with Crippen molar-refractivity contribution < 1.29 is 18.7 Å². The van der Waals surface area contributed by atoms with Crippen LogP contribution in [-0.4, -0.2) is 22.5 Å². The van der Waals surface area contributed by atoms with E-state index in [1.54, 1.807) is 42.1 Å². The summed E-state index contributed by atoms with van der Waals surface area (Å²) in [7, 11) is 1.77. The highest BCUT2D eigenvalue weighted by molar-refractivity contribution is 5.95. The van der Waals surface area contributed by atoms with Gasteiger partial charge in [0.1, 0.15) is 5.69 Å². The molecule has 146 valence electrons. The molecule has 6 heteroatoms. The van der Waals surface area contributed by atoms with Gasteiger partial charge in [0.05, 0.1) is 11.8 Å². The second-order valence-corrected chi connectivity index (χ2v) is 7.30. The molecule has 0 bridgehead atoms. The molecule has 2 heterocycles. The molecule has 3 aromatic rings. The Balaban J connectivity index is 1.56. The van der Waals surface area contributed by atoms with E-state index in [1.807, 2.05) is 18.2 Å². The lowest BCUT2D eigenvalue weighted by atomic mass is 9.95. The molecule has 6 nitrogen and oxygen atoms in total. The van der Waals surface area contributed by atoms with E-state index >= 15 is 0 Å². The van der Waals surface area contributed by atoms with Gasteiger partial charge in [-0.05, 0) is 12.8 Å². The molecule has 1 aromatic carbocycles. The van der Waals surface area contributed by atoms with Crippen LogP contribution in [-0.2, 0) is 16.6 Å². The minimum Gasteiger partial charge on any atom is -0.463 e. The minimum absolute atomic E-state index is 0.142. The van der Waals surface area contributed by atoms with Gasteiger partial charge < -0.3 is 19.0 Å². The molecule has 0 spiro atoms. The Morgan fingerprint density at radius 3 is 2.61 bits per heavy atom. The summed E-state index contributed by atoms with van der Waals surface area (Å²) in [6, 6.07) is 12.7. The van der Waals surface area contributed by atoms with Gasteiger partial charge in [-0.3, -0.25) is 4.79 Å². The standard InChI is InChI=1S/C22H24N2O4/c1-24-17-12-13-27-19(17)14-18(24)22(26)28-20(15-8-4-2-5-9-15)21(25)23-16-10-6-3-7-11-16/h2,4-5,8-9,12-14,16,20H,3,6-7,10-11H2,1H3,(H,23,25). The van der Waals surface area contributed by atoms with Gasteiger partial charge in [-0.25, -0.2) is 4.79 Å². The van der Waals surface area contributed by atoms with Crippen molar-refractivity contribution in [3.05, 3.63) is 60.0 Å². The van der Waals surface area contributed by atoms with Crippen molar-refractivity contribution in [3.63, 3.8) is 0 Å². The highest BCUT2D eigenvalue weighted by atomic mass is 16.5. The van der Waals surface area contributed by atoms with Crippen molar-refractivity contribution >= 4 is 23.0 Å². The molecule has 1 aliphatic carbocycles. The lowest BCUT2D eigenvalue weighted by Gasteiger charge is -2.25. The summed E-state index contributed by atoms with van der Waals surface area (Å²) in [6.45, 7) is 0. The summed E-state index contributed by atoms with van der Waals surface area (Å²) in [5.41, 5.74) is 2.41. The summed E-state index contributed by atoms with van der Waals surface area (Å²) in [6.07, 6.45) is 5.95. The number of furan rings is 1. The summed E-state index contributed by atoms with van der Waals surface area (Å²) in [5.74, 6) is -0.828. The van der Waals surface area contributed by atoms with E-state index < -0.39 is 12.1 Å². The highest BCUT2D eigenvalue weighted by Gasteiger charge is 2.29. The number of aryl methyl sites for hydroxylation is 1. The number of fused-ring (bicyclic) bond motifs is 1. The molecule has 1 fully saturated rings. The molecule has 1 atom stereocenters. The van der Waals surface area contributed by atoms with Crippen LogP contribution in [0.4, 0.5) is 0 Å². The first-order valence-corrected chi connectivity index (χ1v) is 9.72. The van der Waals surface area contributed by atoms with Crippen molar-refractivity contribution in [1.82, 2.24) is 9.88 Å². The van der Waals surface area contributed by atoms with Crippen LogP contribution in [0.2, 0.25) is 0 Å². The maximum absolute atomic E-state index is 13.0. The van der Waals surface area contributed by atoms with E-state index in [0.717, 1.165) is 31.2 Å². The number of aromatic nitrogens is 1. The normalized spacial score (nSPS) is 16.0. The highest BCUT2D eigenvalue weighted by Crippen LogP contribution is 2.25. The maximum atomic E-state index is 13.0. The monoisotopic (exact) mass is 380 g/mol. The van der Waals surface area contributed by atoms with Gasteiger partial charge in [0.2, 0.25) is 6.10 Å². The summed E-state index contributed by atoms with van der Waals surface area (Å²) >= 11 is 0. The quantitative estimate of drug-likeness (QED) is 0.676. The molecule has 1 aliphatic rings. The van der Waals surface area contributed by atoms with Gasteiger partial charge in [0, 0.05) is 30.8 Å². The fourth-order valence-electron chi connectivity index (χ4n) is 3.84. The van der Waals surface area contributed by atoms with E-state index in [1.165, 1.54) is 6.42 Å². The lowest BCUT2D eigenvalue weighted by molar-refractivity contribution is -0.131. The first-order chi connectivity index (χ1) is 13.6. The van der Waals surface area contributed by atoms with Gasteiger partial charge in [-0.2, -0.15) is 0 Å². The average molecular weight is 380 g/mol. The summed E-state index contributed by atoms with van der Waals surface area (Å²) in [5, 5.41) is 3.07. The second kappa shape index (κ2) is 7.92. The van der Waals surface area contributed by atoms with E-state index in [-0.39, 0.29) is 11.9 Å². The van der Waals surface area contributed by atoms with E-state index in [0.29, 0.717) is 16.8 Å². The number of nitrogens with one attached hydrogen (secondary N) is 1. The number of nitrogens with zero attached hydrogens (tertiary/aromatic N) is 1. The molecular formula is C22H24N2O4. The third kappa shape index (κ3) is 3.67. The summed E-state index contributed by atoms with van der Waals surface area (Å²) < 4.78 is 12.8. The fraction of sp³-hybridized carbons (Fsp3) is 0.364. The van der Waals surface area contributed by atoms with Gasteiger partial charge >= 0.3 is 5.97 Å². The number of benzene rings is 1. The molecule has 1 amide bonds. The number of ether oxygens (including phenoxy) is 1. The Morgan fingerprint density at radius 1 is 1.14 bits per heavy atom. The van der Waals surface area contributed by atoms with Gasteiger partial charge in [0.25, 0.3) is 5.91 Å². The van der Waals surface area contributed by atoms with Crippen molar-refractivity contribution in [2.75, 3.05) is 0 Å². The van der Waals surface area contributed by atoms with Crippen LogP contribution in [0.1, 0.15) is 54.3 Å². The zero-order valence-corrected chi connectivity index (χ0v) is 15.9. The van der Waals surface area contributed by atoms with Crippen molar-refractivity contribution in [2.45, 2.75) is 44.2 Å². The Bertz CT molecular complexity index is 967. The largest absolute Gasteiger partial charge is 0.463 e. The fourth-order valence-corrected chi connectivity index (χ4v) is 3.84. The Morgan fingerprint density at radius 2 is 1.89 bits per heavy atom. The molecule has 1 saturated carbocycles. The maximum Gasteiger partial charge on any atom is 0.356 e. The SMILES string of the molecule is Cn1c(C(=O)OC(C(=O)NC2CCCCC2)c2ccccc2)cc2occc21. The number of carbonyl (C=O) groups excluding carboxylic acids is 2. The average Bonchev–Trinajstić information content (AvgIpc) is 3.30. The lowest BCUT2D eigenvalue weighted by Crippen LogP contribution is -2.40. The molecular weight excluding hydrogens is 356 g/mol. The van der Waals surface area contributed by atoms with Crippen molar-refractivity contribution in [3.8, 4) is 0 Å². The van der Waals surface area contributed by atoms with E-state index in [4.69, 9.17) is 9.15 Å². The molecule has 1 N–H and O–H groups in total. The predicted octanol–water partition coefficient (Wildman–Crippen LogP) is 4.12. The van der Waals surface area contributed by atoms with Crippen molar-refractivity contribution in [2.24, 2.45) is 7.05 Å². The molecule has 0 saturated heterocycles. The van der Waals surface area contributed by atoms with Crippen molar-refractivity contribution in [1.29, 1.82) is 0 Å². The van der Waals surface area contributed by atoms with Crippen LogP contribution in [0, 0.1) is 0 Å². The number of hydrogen-bond acceptors (Lipinski definition) is 4. The number of esters is 1. The van der Waals surface area contributed by atoms with Crippen LogP contribution < -0.4 is 5.32 Å².